The molecule has 204 valence electrons. The zero-order valence-electron chi connectivity index (χ0n) is 21.3. The van der Waals surface area contributed by atoms with Crippen LogP contribution in [0.3, 0.4) is 0 Å². The fourth-order valence-electron chi connectivity index (χ4n) is 5.55. The van der Waals surface area contributed by atoms with E-state index in [1.807, 2.05) is 0 Å². The van der Waals surface area contributed by atoms with Crippen LogP contribution in [0.1, 0.15) is 43.1 Å². The van der Waals surface area contributed by atoms with E-state index in [4.69, 9.17) is 23.1 Å². The van der Waals surface area contributed by atoms with E-state index in [1.165, 1.54) is 4.68 Å². The number of nitrogens with one attached hydrogen (secondary N) is 2. The lowest BCUT2D eigenvalue weighted by Gasteiger charge is -2.34. The van der Waals surface area contributed by atoms with Gasteiger partial charge in [0.2, 0.25) is 17.7 Å². The number of anilines is 2. The Morgan fingerprint density at radius 3 is 2.67 bits per heavy atom. The Morgan fingerprint density at radius 1 is 1.15 bits per heavy atom. The van der Waals surface area contributed by atoms with Gasteiger partial charge in [-0.15, -0.1) is 0 Å². The molecule has 1 aliphatic carbocycles. The molecule has 1 aromatic carbocycles. The molecule has 12 nitrogen and oxygen atoms in total. The third kappa shape index (κ3) is 5.17. The van der Waals surface area contributed by atoms with Gasteiger partial charge in [0.1, 0.15) is 23.6 Å². The summed E-state index contributed by atoms with van der Waals surface area (Å²) >= 11 is 5.95. The number of carbonyl (C=O) groups is 4. The molecule has 2 bridgehead atoms. The van der Waals surface area contributed by atoms with Crippen molar-refractivity contribution in [3.8, 4) is 0 Å². The van der Waals surface area contributed by atoms with Gasteiger partial charge in [0.25, 0.3) is 5.91 Å². The zero-order chi connectivity index (χ0) is 27.8. The first kappa shape index (κ1) is 26.6. The zero-order valence-corrected chi connectivity index (χ0v) is 22.0. The maximum Gasteiger partial charge on any atom is 0.269 e. The number of nitrogens with zero attached hydrogens (tertiary/aromatic N) is 4. The maximum absolute atomic E-state index is 13.6. The summed E-state index contributed by atoms with van der Waals surface area (Å²) in [4.78, 5) is 57.1. The summed E-state index contributed by atoms with van der Waals surface area (Å²) in [5, 5.41) is 10.5. The number of nitrogens with two attached hydrogens (primary N) is 2. The predicted molar refractivity (Wildman–Crippen MR) is 145 cm³/mol. The van der Waals surface area contributed by atoms with Crippen LogP contribution in [0, 0.1) is 5.92 Å². The van der Waals surface area contributed by atoms with E-state index >= 15 is 0 Å². The molecule has 2 fully saturated rings. The first-order valence-corrected chi connectivity index (χ1v) is 13.2. The number of hydrogen-bond donors (Lipinski definition) is 4. The van der Waals surface area contributed by atoms with Gasteiger partial charge in [-0.25, -0.2) is 4.98 Å². The smallest absolute Gasteiger partial charge is 0.269 e. The van der Waals surface area contributed by atoms with Gasteiger partial charge in [-0.05, 0) is 61.9 Å². The second kappa shape index (κ2) is 10.6. The van der Waals surface area contributed by atoms with Gasteiger partial charge in [0.05, 0.1) is 11.6 Å². The average Bonchev–Trinajstić information content (AvgIpc) is 3.61. The Kier molecular flexibility index (Phi) is 7.23. The number of halogens is 1. The monoisotopic (exact) mass is 552 g/mol. The van der Waals surface area contributed by atoms with E-state index in [-0.39, 0.29) is 47.1 Å². The van der Waals surface area contributed by atoms with Crippen LogP contribution in [0.4, 0.5) is 11.5 Å². The Labute approximate surface area is 229 Å². The van der Waals surface area contributed by atoms with Gasteiger partial charge in [0, 0.05) is 17.1 Å². The molecule has 6 N–H and O–H groups in total. The Bertz CT molecular complexity index is 1470. The number of rotatable bonds is 8. The molecule has 13 heteroatoms. The minimum absolute atomic E-state index is 0.0297. The van der Waals surface area contributed by atoms with E-state index in [0.29, 0.717) is 28.8 Å². The number of primary amides is 1. The highest BCUT2D eigenvalue weighted by molar-refractivity contribution is 6.29. The number of hydrogen-bond acceptors (Lipinski definition) is 7. The van der Waals surface area contributed by atoms with E-state index < -0.39 is 18.0 Å². The van der Waals surface area contributed by atoms with Gasteiger partial charge in [-0.1, -0.05) is 24.6 Å². The molecule has 39 heavy (non-hydrogen) atoms. The van der Waals surface area contributed by atoms with Gasteiger partial charge in [0.15, 0.2) is 5.69 Å². The molecule has 1 aliphatic heterocycles. The first-order valence-electron chi connectivity index (χ1n) is 12.8. The second-order valence-corrected chi connectivity index (χ2v) is 10.3. The summed E-state index contributed by atoms with van der Waals surface area (Å²) in [5.41, 5.74) is 12.3. The molecule has 4 atom stereocenters. The van der Waals surface area contributed by atoms with Gasteiger partial charge in [-0.3, -0.25) is 23.9 Å². The van der Waals surface area contributed by atoms with Crippen LogP contribution in [0.5, 0.6) is 0 Å². The highest BCUT2D eigenvalue weighted by Gasteiger charge is 2.51. The number of fused-ring (bicyclic) bond motifs is 3. The number of likely N-dealkylation sites (tertiary alicyclic amines) is 1. The highest BCUT2D eigenvalue weighted by atomic mass is 35.5. The Morgan fingerprint density at radius 2 is 1.95 bits per heavy atom. The lowest BCUT2D eigenvalue weighted by molar-refractivity contribution is -0.141. The highest BCUT2D eigenvalue weighted by Crippen LogP contribution is 2.43. The van der Waals surface area contributed by atoms with Crippen molar-refractivity contribution < 1.29 is 19.2 Å². The predicted octanol–water partition coefficient (Wildman–Crippen LogP) is 1.88. The Balaban J connectivity index is 1.39. The summed E-state index contributed by atoms with van der Waals surface area (Å²) in [6.07, 6.45) is 2.86. The van der Waals surface area contributed by atoms with Crippen LogP contribution in [0.25, 0.3) is 10.9 Å². The summed E-state index contributed by atoms with van der Waals surface area (Å²) in [7, 11) is 0. The molecule has 1 saturated heterocycles. The molecule has 0 spiro atoms. The van der Waals surface area contributed by atoms with Crippen LogP contribution in [0.2, 0.25) is 5.15 Å². The lowest BCUT2D eigenvalue weighted by Crippen LogP contribution is -2.52. The number of benzene rings is 1. The van der Waals surface area contributed by atoms with E-state index in [1.54, 1.807) is 48.2 Å². The summed E-state index contributed by atoms with van der Waals surface area (Å²) < 4.78 is 1.40. The van der Waals surface area contributed by atoms with Crippen molar-refractivity contribution in [3.05, 3.63) is 47.2 Å². The van der Waals surface area contributed by atoms with Crippen molar-refractivity contribution in [1.29, 1.82) is 0 Å². The number of aromatic nitrogens is 3. The molecule has 0 unspecified atom stereocenters. The maximum atomic E-state index is 13.6. The van der Waals surface area contributed by atoms with E-state index in [0.717, 1.165) is 19.3 Å². The van der Waals surface area contributed by atoms with Gasteiger partial charge < -0.3 is 27.0 Å². The Hall–Kier alpha value is -4.03. The molecular weight excluding hydrogens is 524 g/mol. The molecule has 3 heterocycles. The van der Waals surface area contributed by atoms with Crippen molar-refractivity contribution in [2.45, 2.75) is 57.3 Å². The average molecular weight is 553 g/mol. The minimum atomic E-state index is -0.772. The first-order chi connectivity index (χ1) is 18.7. The molecule has 5 rings (SSSR count). The quantitative estimate of drug-likeness (QED) is 0.308. The standard InChI is InChI=1S/C26H29ClN8O4/c1-2-17(28)25(38)30-14-7-9-18-16(11-14)22(24(29)37)33-34(18)12-21(36)35-15-8-6-13(10-15)23(35)26(39)32-20-5-3-4-19(27)31-20/h3-5,7,9,11,13,15,17,23H,2,6,8,10,12,28H2,1H3,(H2,29,37)(H,30,38)(H,31,32,39)/t13-,15+,17-,23-/m0/s1. The molecular formula is C26H29ClN8O4. The van der Waals surface area contributed by atoms with E-state index in [2.05, 4.69) is 20.7 Å². The van der Waals surface area contributed by atoms with Crippen LogP contribution in [-0.4, -0.2) is 61.4 Å². The van der Waals surface area contributed by atoms with Crippen LogP contribution in [0.15, 0.2) is 36.4 Å². The van der Waals surface area contributed by atoms with Crippen molar-refractivity contribution in [2.75, 3.05) is 10.6 Å². The summed E-state index contributed by atoms with van der Waals surface area (Å²) in [6.45, 7) is 1.60. The number of piperidine rings is 1. The van der Waals surface area contributed by atoms with Crippen molar-refractivity contribution >= 4 is 57.6 Å². The summed E-state index contributed by atoms with van der Waals surface area (Å²) in [5.74, 6) is -1.40. The van der Waals surface area contributed by atoms with Crippen LogP contribution in [-0.2, 0) is 20.9 Å². The normalized spacial score (nSPS) is 20.7. The van der Waals surface area contributed by atoms with Crippen molar-refractivity contribution in [1.82, 2.24) is 19.7 Å². The lowest BCUT2D eigenvalue weighted by atomic mass is 9.97. The van der Waals surface area contributed by atoms with Crippen molar-refractivity contribution in [2.24, 2.45) is 17.4 Å². The minimum Gasteiger partial charge on any atom is -0.364 e. The molecule has 1 saturated carbocycles. The SMILES string of the molecule is CC[C@H](N)C(=O)Nc1ccc2c(c1)c(C(N)=O)nn2CC(=O)N1[C@@H]2CC[C@@H](C2)[C@H]1C(=O)Nc1cccc(Cl)n1. The number of pyridine rings is 1. The number of carbonyl (C=O) groups excluding carboxylic acids is 4. The molecule has 3 aromatic rings. The molecule has 2 aromatic heterocycles. The van der Waals surface area contributed by atoms with Crippen LogP contribution < -0.4 is 22.1 Å². The van der Waals surface area contributed by atoms with E-state index in [9.17, 15) is 19.2 Å². The molecule has 4 amide bonds. The summed E-state index contributed by atoms with van der Waals surface area (Å²) in [6, 6.07) is 8.41. The van der Waals surface area contributed by atoms with Crippen molar-refractivity contribution in [3.63, 3.8) is 0 Å². The van der Waals surface area contributed by atoms with Crippen LogP contribution >= 0.6 is 11.6 Å². The topological polar surface area (TPSA) is 178 Å². The fourth-order valence-corrected chi connectivity index (χ4v) is 5.72. The molecule has 2 aliphatic rings. The largest absolute Gasteiger partial charge is 0.364 e. The fraction of sp³-hybridized carbons (Fsp3) is 0.385. The second-order valence-electron chi connectivity index (χ2n) is 9.91. The third-order valence-corrected chi connectivity index (χ3v) is 7.63. The van der Waals surface area contributed by atoms with Gasteiger partial charge in [-0.2, -0.15) is 5.10 Å². The molecule has 0 radical (unpaired) electrons. The van der Waals surface area contributed by atoms with Gasteiger partial charge >= 0.3 is 0 Å². The number of amides is 4. The third-order valence-electron chi connectivity index (χ3n) is 7.42.